The zero-order valence-electron chi connectivity index (χ0n) is 18.5. The van der Waals surface area contributed by atoms with Crippen LogP contribution in [0.3, 0.4) is 0 Å². The minimum atomic E-state index is -0.486. The second-order valence-electron chi connectivity index (χ2n) is 8.51. The van der Waals surface area contributed by atoms with Gasteiger partial charge in [0.05, 0.1) is 12.1 Å². The van der Waals surface area contributed by atoms with E-state index in [-0.39, 0.29) is 35.8 Å². The number of carbonyl (C=O) groups is 2. The van der Waals surface area contributed by atoms with Crippen molar-refractivity contribution in [1.82, 2.24) is 15.5 Å². The zero-order valence-corrected chi connectivity index (χ0v) is 18.5. The van der Waals surface area contributed by atoms with Crippen LogP contribution >= 0.6 is 0 Å². The molecule has 0 radical (unpaired) electrons. The van der Waals surface area contributed by atoms with Crippen LogP contribution in [0.4, 0.5) is 4.39 Å². The van der Waals surface area contributed by atoms with Gasteiger partial charge < -0.3 is 20.3 Å². The number of nitrogens with one attached hydrogen (secondary N) is 2. The van der Waals surface area contributed by atoms with E-state index in [0.29, 0.717) is 24.3 Å². The van der Waals surface area contributed by atoms with E-state index >= 15 is 0 Å². The van der Waals surface area contributed by atoms with Crippen LogP contribution in [-0.4, -0.2) is 41.9 Å². The first-order valence-corrected chi connectivity index (χ1v) is 11.3. The third-order valence-corrected chi connectivity index (χ3v) is 6.53. The Morgan fingerprint density at radius 2 is 1.88 bits per heavy atom. The van der Waals surface area contributed by atoms with Gasteiger partial charge in [-0.1, -0.05) is 19.1 Å². The number of fused-ring (bicyclic) bond motifs is 1. The summed E-state index contributed by atoms with van der Waals surface area (Å²) < 4.78 is 19.0. The van der Waals surface area contributed by atoms with E-state index in [1.807, 2.05) is 36.1 Å². The molecule has 2 aromatic carbocycles. The number of benzene rings is 2. The molecule has 2 N–H and O–H groups in total. The van der Waals surface area contributed by atoms with Crippen LogP contribution in [0.25, 0.3) is 0 Å². The summed E-state index contributed by atoms with van der Waals surface area (Å²) >= 11 is 0. The molecule has 6 nitrogen and oxygen atoms in total. The van der Waals surface area contributed by atoms with Gasteiger partial charge in [-0.15, -0.1) is 0 Å². The van der Waals surface area contributed by atoms with Crippen molar-refractivity contribution < 1.29 is 18.7 Å². The number of likely N-dealkylation sites (N-methyl/N-ethyl adjacent to an activating group) is 1. The Morgan fingerprint density at radius 3 is 2.59 bits per heavy atom. The second kappa shape index (κ2) is 9.69. The Labute approximate surface area is 188 Å². The van der Waals surface area contributed by atoms with Gasteiger partial charge in [-0.25, -0.2) is 4.39 Å². The second-order valence-corrected chi connectivity index (χ2v) is 8.51. The Balaban J connectivity index is 1.49. The summed E-state index contributed by atoms with van der Waals surface area (Å²) in [5.41, 5.74) is 1.01. The molecule has 2 aliphatic heterocycles. The Kier molecular flexibility index (Phi) is 6.74. The van der Waals surface area contributed by atoms with E-state index < -0.39 is 6.04 Å². The molecule has 2 heterocycles. The summed E-state index contributed by atoms with van der Waals surface area (Å²) in [6.07, 6.45) is 4.06. The van der Waals surface area contributed by atoms with Gasteiger partial charge in [0.2, 0.25) is 11.8 Å². The average molecular weight is 440 g/mol. The van der Waals surface area contributed by atoms with E-state index in [1.54, 1.807) is 19.2 Å². The van der Waals surface area contributed by atoms with Crippen molar-refractivity contribution in [3.05, 3.63) is 59.9 Å². The molecule has 2 fully saturated rings. The molecule has 0 spiro atoms. The molecule has 7 heteroatoms. The summed E-state index contributed by atoms with van der Waals surface area (Å²) in [6.45, 7) is 1.94. The molecule has 2 saturated heterocycles. The maximum Gasteiger partial charge on any atom is 0.245 e. The molecular formula is C25H30FN3O3. The highest BCUT2D eigenvalue weighted by molar-refractivity contribution is 5.90. The zero-order chi connectivity index (χ0) is 22.7. The van der Waals surface area contributed by atoms with Gasteiger partial charge in [0.25, 0.3) is 0 Å². The normalized spacial score (nSPS) is 23.5. The third kappa shape index (κ3) is 4.63. The Bertz CT molecular complexity index is 961. The summed E-state index contributed by atoms with van der Waals surface area (Å²) in [5, 5.41) is 5.95. The lowest BCUT2D eigenvalue weighted by Gasteiger charge is -2.39. The van der Waals surface area contributed by atoms with Crippen molar-refractivity contribution >= 4 is 11.8 Å². The number of amides is 2. The van der Waals surface area contributed by atoms with Crippen molar-refractivity contribution in [2.24, 2.45) is 0 Å². The number of carbonyl (C=O) groups excluding carboxylic acids is 2. The largest absolute Gasteiger partial charge is 0.457 e. The molecule has 0 aliphatic carbocycles. The molecule has 2 aliphatic rings. The van der Waals surface area contributed by atoms with Gasteiger partial charge in [-0.3, -0.25) is 9.59 Å². The van der Waals surface area contributed by atoms with Crippen molar-refractivity contribution in [1.29, 1.82) is 0 Å². The monoisotopic (exact) mass is 439 g/mol. The van der Waals surface area contributed by atoms with Crippen LogP contribution in [0.15, 0.2) is 48.5 Å². The van der Waals surface area contributed by atoms with Crippen LogP contribution in [0.2, 0.25) is 0 Å². The van der Waals surface area contributed by atoms with Crippen molar-refractivity contribution in [3.8, 4) is 11.5 Å². The van der Waals surface area contributed by atoms with E-state index in [9.17, 15) is 14.0 Å². The number of piperidine rings is 1. The molecule has 0 bridgehead atoms. The molecular weight excluding hydrogens is 409 g/mol. The van der Waals surface area contributed by atoms with Gasteiger partial charge in [0, 0.05) is 6.04 Å². The van der Waals surface area contributed by atoms with E-state index in [1.165, 1.54) is 12.1 Å². The Morgan fingerprint density at radius 1 is 1.12 bits per heavy atom. The summed E-state index contributed by atoms with van der Waals surface area (Å²) in [6, 6.07) is 13.0. The maximum absolute atomic E-state index is 13.4. The molecule has 2 aromatic rings. The van der Waals surface area contributed by atoms with Gasteiger partial charge >= 0.3 is 0 Å². The third-order valence-electron chi connectivity index (χ3n) is 6.53. The molecule has 2 amide bonds. The van der Waals surface area contributed by atoms with Crippen molar-refractivity contribution in [2.75, 3.05) is 7.05 Å². The predicted octanol–water partition coefficient (Wildman–Crippen LogP) is 3.93. The minimum absolute atomic E-state index is 0.00656. The fourth-order valence-electron chi connectivity index (χ4n) is 4.84. The molecule has 32 heavy (non-hydrogen) atoms. The van der Waals surface area contributed by atoms with Crippen LogP contribution in [-0.2, 0) is 9.59 Å². The maximum atomic E-state index is 13.4. The first-order chi connectivity index (χ1) is 15.5. The average Bonchev–Trinajstić information content (AvgIpc) is 3.23. The van der Waals surface area contributed by atoms with Crippen molar-refractivity contribution in [2.45, 2.75) is 63.2 Å². The smallest absolute Gasteiger partial charge is 0.245 e. The Hall–Kier alpha value is -2.93. The number of rotatable bonds is 7. The van der Waals surface area contributed by atoms with Crippen LogP contribution in [0, 0.1) is 5.82 Å². The summed E-state index contributed by atoms with van der Waals surface area (Å²) in [4.78, 5) is 27.8. The van der Waals surface area contributed by atoms with Crippen LogP contribution in [0.5, 0.6) is 11.5 Å². The lowest BCUT2D eigenvalue weighted by molar-refractivity contribution is -0.142. The molecule has 4 atom stereocenters. The highest BCUT2D eigenvalue weighted by Crippen LogP contribution is 2.42. The highest BCUT2D eigenvalue weighted by Gasteiger charge is 2.44. The lowest BCUT2D eigenvalue weighted by atomic mass is 9.97. The number of halogens is 1. The van der Waals surface area contributed by atoms with E-state index in [0.717, 1.165) is 24.8 Å². The molecule has 4 rings (SSSR count). The van der Waals surface area contributed by atoms with Gasteiger partial charge in [0.1, 0.15) is 23.4 Å². The highest BCUT2D eigenvalue weighted by atomic mass is 19.1. The SMILES string of the molecule is CCC(NC)C(=O)N[C@H]1CC[C@H]2CC[C@@H](c3cccc(Oc4ccc(F)cc4)c3)N2C1=O. The number of nitrogens with zero attached hydrogens (tertiary/aromatic N) is 1. The molecule has 0 aromatic heterocycles. The quantitative estimate of drug-likeness (QED) is 0.686. The summed E-state index contributed by atoms with van der Waals surface area (Å²) in [5.74, 6) is 0.754. The van der Waals surface area contributed by atoms with Crippen LogP contribution in [0.1, 0.15) is 50.6 Å². The number of hydrogen-bond acceptors (Lipinski definition) is 4. The molecule has 1 unspecified atom stereocenters. The topological polar surface area (TPSA) is 70.7 Å². The van der Waals surface area contributed by atoms with Gasteiger partial charge in [-0.2, -0.15) is 0 Å². The molecule has 0 saturated carbocycles. The van der Waals surface area contributed by atoms with Crippen molar-refractivity contribution in [3.63, 3.8) is 0 Å². The number of hydrogen-bond donors (Lipinski definition) is 2. The minimum Gasteiger partial charge on any atom is -0.457 e. The molecule has 170 valence electrons. The van der Waals surface area contributed by atoms with Gasteiger partial charge in [-0.05, 0) is 81.1 Å². The predicted molar refractivity (Wildman–Crippen MR) is 120 cm³/mol. The van der Waals surface area contributed by atoms with Gasteiger partial charge in [0.15, 0.2) is 0 Å². The fraction of sp³-hybridized carbons (Fsp3) is 0.440. The van der Waals surface area contributed by atoms with E-state index in [2.05, 4.69) is 10.6 Å². The first kappa shape index (κ1) is 22.3. The first-order valence-electron chi connectivity index (χ1n) is 11.3. The standard InChI is InChI=1S/C25H30FN3O3/c1-3-21(27-2)24(30)28-22-13-9-18-10-14-23(29(18)25(22)31)16-5-4-6-20(15-16)32-19-11-7-17(26)8-12-19/h4-8,11-12,15,18,21-23,27H,3,9-10,13-14H2,1-2H3,(H,28,30)/t18-,21?,22-,23-/m0/s1. The lowest BCUT2D eigenvalue weighted by Crippen LogP contribution is -2.57. The van der Waals surface area contributed by atoms with Crippen LogP contribution < -0.4 is 15.4 Å². The fourth-order valence-corrected chi connectivity index (χ4v) is 4.84. The number of ether oxygens (including phenoxy) is 1. The summed E-state index contributed by atoms with van der Waals surface area (Å²) in [7, 11) is 1.75. The van der Waals surface area contributed by atoms with E-state index in [4.69, 9.17) is 4.74 Å².